The van der Waals surface area contributed by atoms with Crippen LogP contribution in [0.3, 0.4) is 0 Å². The molecule has 1 rings (SSSR count). The maximum absolute atomic E-state index is 13.5. The van der Waals surface area contributed by atoms with Gasteiger partial charge in [0.25, 0.3) is 0 Å². The molecular formula is C11H13FN2O3. The minimum absolute atomic E-state index is 0.246. The zero-order chi connectivity index (χ0) is 13.2. The van der Waals surface area contributed by atoms with E-state index in [4.69, 9.17) is 10.8 Å². The third-order valence-electron chi connectivity index (χ3n) is 2.30. The van der Waals surface area contributed by atoms with Gasteiger partial charge in [0.05, 0.1) is 11.3 Å². The van der Waals surface area contributed by atoms with Crippen molar-refractivity contribution in [3.05, 3.63) is 29.6 Å². The van der Waals surface area contributed by atoms with E-state index in [1.54, 1.807) is 0 Å². The van der Waals surface area contributed by atoms with Crippen LogP contribution in [0.15, 0.2) is 18.2 Å². The van der Waals surface area contributed by atoms with Crippen molar-refractivity contribution < 1.29 is 19.1 Å². The highest BCUT2D eigenvalue weighted by atomic mass is 19.1. The Kier molecular flexibility index (Phi) is 3.36. The van der Waals surface area contributed by atoms with Crippen LogP contribution < -0.4 is 11.1 Å². The van der Waals surface area contributed by atoms with Gasteiger partial charge in [0.2, 0.25) is 5.91 Å². The number of aromatic carboxylic acids is 1. The molecule has 0 aliphatic carbocycles. The lowest BCUT2D eigenvalue weighted by Gasteiger charge is -2.24. The molecule has 0 aliphatic heterocycles. The number of carboxylic acids is 1. The first-order valence-electron chi connectivity index (χ1n) is 4.85. The maximum atomic E-state index is 13.5. The van der Waals surface area contributed by atoms with Gasteiger partial charge < -0.3 is 16.2 Å². The lowest BCUT2D eigenvalue weighted by molar-refractivity contribution is -0.121. The number of carbonyl (C=O) groups excluding carboxylic acids is 1. The standard InChI is InChI=1S/C11H13FN2O3/c1-11(2,10(13)17)14-8-6(9(15)16)4-3-5-7(8)12/h3-5,14H,1-2H3,(H2,13,17)(H,15,16). The highest BCUT2D eigenvalue weighted by Gasteiger charge is 2.27. The number of hydrogen-bond donors (Lipinski definition) is 3. The number of benzene rings is 1. The lowest BCUT2D eigenvalue weighted by atomic mass is 10.0. The van der Waals surface area contributed by atoms with Crippen LogP contribution in [0.1, 0.15) is 24.2 Å². The number of para-hydroxylation sites is 1. The number of primary amides is 1. The number of carboxylic acid groups (broad SMARTS) is 1. The van der Waals surface area contributed by atoms with E-state index in [2.05, 4.69) is 5.32 Å². The molecule has 5 nitrogen and oxygen atoms in total. The third kappa shape index (κ3) is 2.72. The molecule has 0 atom stereocenters. The van der Waals surface area contributed by atoms with Crippen molar-refractivity contribution in [2.75, 3.05) is 5.32 Å². The van der Waals surface area contributed by atoms with Gasteiger partial charge >= 0.3 is 5.97 Å². The quantitative estimate of drug-likeness (QED) is 0.737. The highest BCUT2D eigenvalue weighted by molar-refractivity contribution is 5.96. The Hall–Kier alpha value is -2.11. The van der Waals surface area contributed by atoms with Crippen LogP contribution in [0.4, 0.5) is 10.1 Å². The summed E-state index contributed by atoms with van der Waals surface area (Å²) in [5.41, 5.74) is 3.38. The van der Waals surface area contributed by atoms with Crippen molar-refractivity contribution in [2.24, 2.45) is 5.73 Å². The van der Waals surface area contributed by atoms with Crippen molar-refractivity contribution >= 4 is 17.6 Å². The van der Waals surface area contributed by atoms with Crippen molar-refractivity contribution in [3.63, 3.8) is 0 Å². The van der Waals surface area contributed by atoms with Gasteiger partial charge in [-0.15, -0.1) is 0 Å². The van der Waals surface area contributed by atoms with E-state index in [1.807, 2.05) is 0 Å². The molecule has 4 N–H and O–H groups in total. The Balaban J connectivity index is 3.22. The van der Waals surface area contributed by atoms with E-state index in [0.717, 1.165) is 6.07 Å². The number of amides is 1. The van der Waals surface area contributed by atoms with Crippen LogP contribution >= 0.6 is 0 Å². The van der Waals surface area contributed by atoms with Crippen LogP contribution in [0, 0.1) is 5.82 Å². The maximum Gasteiger partial charge on any atom is 0.337 e. The smallest absolute Gasteiger partial charge is 0.337 e. The zero-order valence-electron chi connectivity index (χ0n) is 9.45. The predicted molar refractivity (Wildman–Crippen MR) is 60.3 cm³/mol. The van der Waals surface area contributed by atoms with Gasteiger partial charge in [-0.25, -0.2) is 9.18 Å². The predicted octanol–water partition coefficient (Wildman–Crippen LogP) is 1.20. The Morgan fingerprint density at radius 2 is 2.00 bits per heavy atom. The van der Waals surface area contributed by atoms with Gasteiger partial charge in [0.1, 0.15) is 11.4 Å². The number of hydrogen-bond acceptors (Lipinski definition) is 3. The summed E-state index contributed by atoms with van der Waals surface area (Å²) in [6.07, 6.45) is 0. The van der Waals surface area contributed by atoms with Crippen LogP contribution in [-0.2, 0) is 4.79 Å². The highest BCUT2D eigenvalue weighted by Crippen LogP contribution is 2.23. The second-order valence-corrected chi connectivity index (χ2v) is 4.08. The van der Waals surface area contributed by atoms with Gasteiger partial charge in [-0.3, -0.25) is 4.79 Å². The summed E-state index contributed by atoms with van der Waals surface area (Å²) < 4.78 is 13.5. The molecule has 0 heterocycles. The molecule has 0 fully saturated rings. The lowest BCUT2D eigenvalue weighted by Crippen LogP contribution is -2.45. The summed E-state index contributed by atoms with van der Waals surface area (Å²) in [5, 5.41) is 11.4. The fraction of sp³-hybridized carbons (Fsp3) is 0.273. The molecule has 0 aromatic heterocycles. The number of nitrogens with one attached hydrogen (secondary N) is 1. The minimum atomic E-state index is -1.28. The molecule has 17 heavy (non-hydrogen) atoms. The van der Waals surface area contributed by atoms with E-state index in [1.165, 1.54) is 26.0 Å². The molecule has 1 amide bonds. The van der Waals surface area contributed by atoms with Crippen LogP contribution in [0.2, 0.25) is 0 Å². The van der Waals surface area contributed by atoms with E-state index < -0.39 is 23.2 Å². The molecule has 1 aromatic rings. The SMILES string of the molecule is CC(C)(Nc1c(F)cccc1C(=O)O)C(N)=O. The van der Waals surface area contributed by atoms with E-state index in [9.17, 15) is 14.0 Å². The molecule has 0 saturated carbocycles. The second-order valence-electron chi connectivity index (χ2n) is 4.08. The van der Waals surface area contributed by atoms with Crippen molar-refractivity contribution in [2.45, 2.75) is 19.4 Å². The first kappa shape index (κ1) is 13.0. The molecule has 0 spiro atoms. The summed E-state index contributed by atoms with van der Waals surface area (Å²) in [4.78, 5) is 22.0. The van der Waals surface area contributed by atoms with E-state index in [0.29, 0.717) is 0 Å². The molecule has 0 unspecified atom stereocenters. The van der Waals surface area contributed by atoms with Gasteiger partial charge in [0.15, 0.2) is 0 Å². The second kappa shape index (κ2) is 4.40. The van der Waals surface area contributed by atoms with Gasteiger partial charge in [0, 0.05) is 0 Å². The molecule has 0 bridgehead atoms. The number of halogens is 1. The topological polar surface area (TPSA) is 92.4 Å². The number of rotatable bonds is 4. The summed E-state index contributed by atoms with van der Waals surface area (Å²) in [7, 11) is 0. The monoisotopic (exact) mass is 240 g/mol. The van der Waals surface area contributed by atoms with E-state index in [-0.39, 0.29) is 11.3 Å². The Bertz CT molecular complexity index is 472. The van der Waals surface area contributed by atoms with Crippen molar-refractivity contribution in [3.8, 4) is 0 Å². The molecule has 6 heteroatoms. The molecule has 0 saturated heterocycles. The minimum Gasteiger partial charge on any atom is -0.478 e. The fourth-order valence-corrected chi connectivity index (χ4v) is 1.20. The number of nitrogens with two attached hydrogens (primary N) is 1. The normalized spacial score (nSPS) is 11.0. The largest absolute Gasteiger partial charge is 0.478 e. The summed E-state index contributed by atoms with van der Waals surface area (Å²) in [5.74, 6) is -2.75. The van der Waals surface area contributed by atoms with Crippen molar-refractivity contribution in [1.29, 1.82) is 0 Å². The van der Waals surface area contributed by atoms with Crippen LogP contribution in [0.5, 0.6) is 0 Å². The summed E-state index contributed by atoms with van der Waals surface area (Å²) >= 11 is 0. The third-order valence-corrected chi connectivity index (χ3v) is 2.30. The zero-order valence-corrected chi connectivity index (χ0v) is 9.45. The Morgan fingerprint density at radius 3 is 2.47 bits per heavy atom. The first-order chi connectivity index (χ1) is 7.75. The first-order valence-corrected chi connectivity index (χ1v) is 4.85. The van der Waals surface area contributed by atoms with Gasteiger partial charge in [-0.2, -0.15) is 0 Å². The average molecular weight is 240 g/mol. The molecule has 0 radical (unpaired) electrons. The van der Waals surface area contributed by atoms with Crippen molar-refractivity contribution in [1.82, 2.24) is 0 Å². The fourth-order valence-electron chi connectivity index (χ4n) is 1.20. The summed E-state index contributed by atoms with van der Waals surface area (Å²) in [6.45, 7) is 2.88. The molecule has 92 valence electrons. The van der Waals surface area contributed by atoms with Gasteiger partial charge in [-0.1, -0.05) is 6.07 Å². The molecule has 1 aromatic carbocycles. The Labute approximate surface area is 97.4 Å². The molecule has 0 aliphatic rings. The average Bonchev–Trinajstić information content (AvgIpc) is 2.20. The molecular weight excluding hydrogens is 227 g/mol. The summed E-state index contributed by atoms with van der Waals surface area (Å²) in [6, 6.07) is 3.62. The van der Waals surface area contributed by atoms with Gasteiger partial charge in [-0.05, 0) is 26.0 Å². The van der Waals surface area contributed by atoms with Crippen LogP contribution in [-0.4, -0.2) is 22.5 Å². The Morgan fingerprint density at radius 1 is 1.41 bits per heavy atom. The number of carbonyl (C=O) groups is 2. The van der Waals surface area contributed by atoms with Crippen LogP contribution in [0.25, 0.3) is 0 Å². The van der Waals surface area contributed by atoms with E-state index >= 15 is 0 Å². The number of anilines is 1.